The summed E-state index contributed by atoms with van der Waals surface area (Å²) in [5.74, 6) is 0. The summed E-state index contributed by atoms with van der Waals surface area (Å²) in [6.45, 7) is 5.53. The molecule has 3 nitrogen and oxygen atoms in total. The van der Waals surface area contributed by atoms with E-state index in [9.17, 15) is 0 Å². The zero-order valence-corrected chi connectivity index (χ0v) is 11.3. The van der Waals surface area contributed by atoms with E-state index in [-0.39, 0.29) is 0 Å². The summed E-state index contributed by atoms with van der Waals surface area (Å²) in [6, 6.07) is 9.03. The highest BCUT2D eigenvalue weighted by molar-refractivity contribution is 6.44. The Hall–Kier alpha value is -0.843. The molecule has 0 radical (unpaired) electrons. The van der Waals surface area contributed by atoms with Gasteiger partial charge < -0.3 is 14.6 Å². The lowest BCUT2D eigenvalue weighted by Crippen LogP contribution is -2.23. The SMILES string of the molecule is CCO[SiH](CCc1ccc(N)cc1)OCC. The molecule has 0 aliphatic heterocycles. The first-order chi connectivity index (χ1) is 7.76. The van der Waals surface area contributed by atoms with Gasteiger partial charge in [0.2, 0.25) is 0 Å². The van der Waals surface area contributed by atoms with Crippen LogP contribution >= 0.6 is 0 Å². The molecule has 4 heteroatoms. The minimum absolute atomic E-state index is 0.749. The van der Waals surface area contributed by atoms with Gasteiger partial charge in [0, 0.05) is 18.9 Å². The van der Waals surface area contributed by atoms with Gasteiger partial charge in [-0.3, -0.25) is 0 Å². The zero-order valence-electron chi connectivity index (χ0n) is 10.1. The van der Waals surface area contributed by atoms with Crippen LogP contribution in [0.1, 0.15) is 19.4 Å². The van der Waals surface area contributed by atoms with Gasteiger partial charge in [0.15, 0.2) is 0 Å². The topological polar surface area (TPSA) is 44.5 Å². The standard InChI is InChI=1S/C12H21NO2Si/c1-3-14-16(15-4-2)10-9-11-5-7-12(13)8-6-11/h5-8,16H,3-4,9-10,13H2,1-2H3. The van der Waals surface area contributed by atoms with E-state index in [1.54, 1.807) is 0 Å². The molecule has 0 bridgehead atoms. The van der Waals surface area contributed by atoms with Gasteiger partial charge in [-0.15, -0.1) is 0 Å². The highest BCUT2D eigenvalue weighted by atomic mass is 28.3. The lowest BCUT2D eigenvalue weighted by atomic mass is 10.2. The van der Waals surface area contributed by atoms with Crippen LogP contribution in [-0.4, -0.2) is 22.5 Å². The van der Waals surface area contributed by atoms with E-state index < -0.39 is 9.28 Å². The van der Waals surface area contributed by atoms with E-state index in [2.05, 4.69) is 12.1 Å². The Morgan fingerprint density at radius 3 is 2.12 bits per heavy atom. The van der Waals surface area contributed by atoms with E-state index in [1.165, 1.54) is 5.56 Å². The van der Waals surface area contributed by atoms with E-state index in [0.29, 0.717) is 0 Å². The summed E-state index contributed by atoms with van der Waals surface area (Å²) in [5, 5.41) is 0. The Kier molecular flexibility index (Phi) is 6.14. The quantitative estimate of drug-likeness (QED) is 0.585. The van der Waals surface area contributed by atoms with Crippen molar-refractivity contribution in [1.29, 1.82) is 0 Å². The number of hydrogen-bond donors (Lipinski definition) is 1. The maximum Gasteiger partial charge on any atom is 0.321 e. The molecule has 0 fully saturated rings. The first-order valence-corrected chi connectivity index (χ1v) is 7.59. The minimum atomic E-state index is -1.45. The number of hydrogen-bond acceptors (Lipinski definition) is 3. The number of rotatable bonds is 7. The Morgan fingerprint density at radius 1 is 1.06 bits per heavy atom. The van der Waals surface area contributed by atoms with Gasteiger partial charge in [-0.25, -0.2) is 0 Å². The van der Waals surface area contributed by atoms with Crippen LogP contribution in [0.15, 0.2) is 24.3 Å². The molecular formula is C12H21NO2Si. The number of nitrogens with two attached hydrogens (primary N) is 1. The lowest BCUT2D eigenvalue weighted by molar-refractivity contribution is 0.213. The van der Waals surface area contributed by atoms with Gasteiger partial charge in [0.1, 0.15) is 0 Å². The molecular weight excluding hydrogens is 218 g/mol. The molecule has 0 aliphatic rings. The van der Waals surface area contributed by atoms with Crippen molar-refractivity contribution in [3.8, 4) is 0 Å². The molecule has 0 saturated carbocycles. The van der Waals surface area contributed by atoms with Crippen LogP contribution in [0.25, 0.3) is 0 Å². The molecule has 2 N–H and O–H groups in total. The molecule has 0 aliphatic carbocycles. The molecule has 0 aromatic heterocycles. The van der Waals surface area contributed by atoms with E-state index in [4.69, 9.17) is 14.6 Å². The molecule has 1 aromatic carbocycles. The fourth-order valence-corrected chi connectivity index (χ4v) is 3.30. The minimum Gasteiger partial charge on any atom is -0.399 e. The fourth-order valence-electron chi connectivity index (χ4n) is 1.56. The molecule has 1 rings (SSSR count). The number of anilines is 1. The second-order valence-electron chi connectivity index (χ2n) is 3.62. The molecule has 0 amide bonds. The van der Waals surface area contributed by atoms with Gasteiger partial charge in [0.25, 0.3) is 0 Å². The summed E-state index contributed by atoms with van der Waals surface area (Å²) < 4.78 is 11.2. The second-order valence-corrected chi connectivity index (χ2v) is 5.72. The van der Waals surface area contributed by atoms with Gasteiger partial charge in [-0.2, -0.15) is 0 Å². The van der Waals surface area contributed by atoms with E-state index in [0.717, 1.165) is 31.4 Å². The van der Waals surface area contributed by atoms with Crippen LogP contribution in [0, 0.1) is 0 Å². The van der Waals surface area contributed by atoms with E-state index in [1.807, 2.05) is 26.0 Å². The third-order valence-corrected chi connectivity index (χ3v) is 4.52. The van der Waals surface area contributed by atoms with Gasteiger partial charge >= 0.3 is 9.28 Å². The zero-order chi connectivity index (χ0) is 11.8. The van der Waals surface area contributed by atoms with Crippen molar-refractivity contribution >= 4 is 15.0 Å². The molecule has 90 valence electrons. The summed E-state index contributed by atoms with van der Waals surface area (Å²) in [5.41, 5.74) is 7.75. The summed E-state index contributed by atoms with van der Waals surface area (Å²) in [6.07, 6.45) is 1.01. The van der Waals surface area contributed by atoms with Crippen molar-refractivity contribution < 1.29 is 8.85 Å². The highest BCUT2D eigenvalue weighted by Gasteiger charge is 2.11. The Morgan fingerprint density at radius 2 is 1.62 bits per heavy atom. The number of benzene rings is 1. The Balaban J connectivity index is 2.38. The Labute approximate surface area is 99.4 Å². The van der Waals surface area contributed by atoms with Crippen LogP contribution in [0.2, 0.25) is 6.04 Å². The fraction of sp³-hybridized carbons (Fsp3) is 0.500. The predicted molar refractivity (Wildman–Crippen MR) is 69.8 cm³/mol. The first kappa shape index (κ1) is 13.2. The molecule has 0 heterocycles. The molecule has 0 unspecified atom stereocenters. The number of aryl methyl sites for hydroxylation is 1. The molecule has 0 spiro atoms. The lowest BCUT2D eigenvalue weighted by Gasteiger charge is -2.14. The van der Waals surface area contributed by atoms with Gasteiger partial charge in [-0.05, 0) is 44.0 Å². The van der Waals surface area contributed by atoms with Crippen LogP contribution in [0.3, 0.4) is 0 Å². The average molecular weight is 239 g/mol. The van der Waals surface area contributed by atoms with Crippen molar-refractivity contribution in [2.24, 2.45) is 0 Å². The predicted octanol–water partition coefficient (Wildman–Crippen LogP) is 2.10. The van der Waals surface area contributed by atoms with Crippen molar-refractivity contribution in [3.05, 3.63) is 29.8 Å². The molecule has 16 heavy (non-hydrogen) atoms. The third-order valence-electron chi connectivity index (χ3n) is 2.35. The molecule has 0 atom stereocenters. The van der Waals surface area contributed by atoms with Gasteiger partial charge in [0.05, 0.1) is 0 Å². The van der Waals surface area contributed by atoms with Crippen molar-refractivity contribution in [1.82, 2.24) is 0 Å². The monoisotopic (exact) mass is 239 g/mol. The third kappa shape index (κ3) is 4.79. The van der Waals surface area contributed by atoms with Crippen LogP contribution in [0.5, 0.6) is 0 Å². The maximum absolute atomic E-state index is 5.64. The average Bonchev–Trinajstić information content (AvgIpc) is 2.29. The largest absolute Gasteiger partial charge is 0.399 e. The summed E-state index contributed by atoms with van der Waals surface area (Å²) >= 11 is 0. The maximum atomic E-state index is 5.64. The van der Waals surface area contributed by atoms with Crippen LogP contribution < -0.4 is 5.73 Å². The van der Waals surface area contributed by atoms with Gasteiger partial charge in [-0.1, -0.05) is 12.1 Å². The van der Waals surface area contributed by atoms with E-state index >= 15 is 0 Å². The second kappa shape index (κ2) is 7.43. The molecule has 0 saturated heterocycles. The Bertz CT molecular complexity index is 284. The van der Waals surface area contributed by atoms with Crippen molar-refractivity contribution in [2.45, 2.75) is 26.3 Å². The van der Waals surface area contributed by atoms with Crippen LogP contribution in [0.4, 0.5) is 5.69 Å². The smallest absolute Gasteiger partial charge is 0.321 e. The normalized spacial score (nSPS) is 10.9. The van der Waals surface area contributed by atoms with Crippen molar-refractivity contribution in [2.75, 3.05) is 18.9 Å². The molecule has 1 aromatic rings. The number of nitrogen functional groups attached to an aromatic ring is 1. The summed E-state index contributed by atoms with van der Waals surface area (Å²) in [7, 11) is -1.45. The van der Waals surface area contributed by atoms with Crippen LogP contribution in [-0.2, 0) is 15.3 Å². The van der Waals surface area contributed by atoms with Crippen molar-refractivity contribution in [3.63, 3.8) is 0 Å². The first-order valence-electron chi connectivity index (χ1n) is 5.83. The highest BCUT2D eigenvalue weighted by Crippen LogP contribution is 2.10. The summed E-state index contributed by atoms with van der Waals surface area (Å²) in [4.78, 5) is 0.